The molecule has 0 aromatic rings. The van der Waals surface area contributed by atoms with Gasteiger partial charge in [-0.15, -0.1) is 0 Å². The third kappa shape index (κ3) is 6.05. The number of ether oxygens (including phenoxy) is 1. The number of carbonyl (C=O) groups is 2. The lowest BCUT2D eigenvalue weighted by atomic mass is 10.4. The number of aliphatic hydroxyl groups excluding tert-OH is 1. The summed E-state index contributed by atoms with van der Waals surface area (Å²) in [5, 5.41) is 11.0. The molecule has 1 saturated heterocycles. The normalized spacial score (nSPS) is 13.6. The summed E-state index contributed by atoms with van der Waals surface area (Å²) in [5.74, 6) is -1.10. The van der Waals surface area contributed by atoms with Crippen molar-refractivity contribution in [1.82, 2.24) is 5.32 Å². The number of rotatable bonds is 2. The summed E-state index contributed by atoms with van der Waals surface area (Å²) < 4.78 is 4.31. The SMILES string of the molecule is C=C(O)C(=O)OCC.O=C1CCCN1. The van der Waals surface area contributed by atoms with Gasteiger partial charge in [0, 0.05) is 13.0 Å². The average Bonchev–Trinajstić information content (AvgIpc) is 2.57. The van der Waals surface area contributed by atoms with Crippen LogP contribution in [0.15, 0.2) is 12.3 Å². The fourth-order valence-electron chi connectivity index (χ4n) is 0.780. The zero-order valence-corrected chi connectivity index (χ0v) is 8.21. The van der Waals surface area contributed by atoms with E-state index in [1.54, 1.807) is 6.92 Å². The van der Waals surface area contributed by atoms with Gasteiger partial charge in [-0.2, -0.15) is 0 Å². The third-order valence-corrected chi connectivity index (χ3v) is 1.41. The van der Waals surface area contributed by atoms with Crippen LogP contribution >= 0.6 is 0 Å². The van der Waals surface area contributed by atoms with Crippen LogP contribution in [0.1, 0.15) is 19.8 Å². The number of amides is 1. The van der Waals surface area contributed by atoms with Crippen molar-refractivity contribution in [2.75, 3.05) is 13.2 Å². The maximum absolute atomic E-state index is 10.2. The molecule has 0 aromatic carbocycles. The first-order chi connectivity index (χ1) is 6.57. The number of hydrogen-bond donors (Lipinski definition) is 2. The Morgan fingerprint density at radius 1 is 1.71 bits per heavy atom. The molecular weight excluding hydrogens is 186 g/mol. The highest BCUT2D eigenvalue weighted by atomic mass is 16.5. The summed E-state index contributed by atoms with van der Waals surface area (Å²) in [5.41, 5.74) is 0. The predicted octanol–water partition coefficient (Wildman–Crippen LogP) is 0.518. The van der Waals surface area contributed by atoms with Crippen molar-refractivity contribution >= 4 is 11.9 Å². The first-order valence-electron chi connectivity index (χ1n) is 4.39. The second kappa shape index (κ2) is 6.94. The molecule has 1 rings (SSSR count). The minimum Gasteiger partial charge on any atom is -0.502 e. The van der Waals surface area contributed by atoms with Gasteiger partial charge in [0.1, 0.15) is 0 Å². The molecule has 0 unspecified atom stereocenters. The summed E-state index contributed by atoms with van der Waals surface area (Å²) in [4.78, 5) is 20.3. The summed E-state index contributed by atoms with van der Waals surface area (Å²) in [6.45, 7) is 5.76. The Kier molecular flexibility index (Phi) is 6.19. The zero-order valence-electron chi connectivity index (χ0n) is 8.21. The minimum atomic E-state index is -0.757. The smallest absolute Gasteiger partial charge is 0.372 e. The number of aliphatic hydroxyl groups is 1. The topological polar surface area (TPSA) is 75.6 Å². The van der Waals surface area contributed by atoms with Gasteiger partial charge < -0.3 is 15.2 Å². The van der Waals surface area contributed by atoms with Crippen molar-refractivity contribution in [1.29, 1.82) is 0 Å². The highest BCUT2D eigenvalue weighted by molar-refractivity contribution is 5.84. The highest BCUT2D eigenvalue weighted by Gasteiger charge is 2.05. The van der Waals surface area contributed by atoms with Gasteiger partial charge in [-0.05, 0) is 19.9 Å². The molecule has 0 saturated carbocycles. The van der Waals surface area contributed by atoms with Gasteiger partial charge in [-0.25, -0.2) is 4.79 Å². The van der Waals surface area contributed by atoms with Crippen LogP contribution in [0.3, 0.4) is 0 Å². The van der Waals surface area contributed by atoms with Crippen LogP contribution in [-0.2, 0) is 14.3 Å². The monoisotopic (exact) mass is 201 g/mol. The van der Waals surface area contributed by atoms with E-state index < -0.39 is 11.7 Å². The van der Waals surface area contributed by atoms with E-state index in [-0.39, 0.29) is 12.5 Å². The maximum atomic E-state index is 10.2. The molecule has 0 bridgehead atoms. The molecule has 0 radical (unpaired) electrons. The van der Waals surface area contributed by atoms with Crippen molar-refractivity contribution < 1.29 is 19.4 Å². The first-order valence-corrected chi connectivity index (χ1v) is 4.39. The molecule has 5 heteroatoms. The van der Waals surface area contributed by atoms with Crippen molar-refractivity contribution in [2.24, 2.45) is 0 Å². The fraction of sp³-hybridized carbons (Fsp3) is 0.556. The molecule has 1 aliphatic heterocycles. The van der Waals surface area contributed by atoms with Crippen LogP contribution < -0.4 is 5.32 Å². The lowest BCUT2D eigenvalue weighted by molar-refractivity contribution is -0.141. The van der Waals surface area contributed by atoms with E-state index in [9.17, 15) is 9.59 Å². The van der Waals surface area contributed by atoms with E-state index in [1.807, 2.05) is 0 Å². The van der Waals surface area contributed by atoms with E-state index in [0.717, 1.165) is 19.4 Å². The Hall–Kier alpha value is -1.52. The minimum absolute atomic E-state index is 0.204. The van der Waals surface area contributed by atoms with Crippen molar-refractivity contribution in [3.63, 3.8) is 0 Å². The number of esters is 1. The van der Waals surface area contributed by atoms with Gasteiger partial charge >= 0.3 is 5.97 Å². The predicted molar refractivity (Wildman–Crippen MR) is 50.6 cm³/mol. The molecule has 1 fully saturated rings. The van der Waals surface area contributed by atoms with Crippen molar-refractivity contribution in [3.05, 3.63) is 12.3 Å². The van der Waals surface area contributed by atoms with Gasteiger partial charge in [0.05, 0.1) is 6.61 Å². The quantitative estimate of drug-likeness (QED) is 0.388. The van der Waals surface area contributed by atoms with Crippen LogP contribution in [0, 0.1) is 0 Å². The van der Waals surface area contributed by atoms with Gasteiger partial charge in [0.2, 0.25) is 5.91 Å². The van der Waals surface area contributed by atoms with Gasteiger partial charge in [-0.1, -0.05) is 0 Å². The molecule has 0 spiro atoms. The number of carbonyl (C=O) groups excluding carboxylic acids is 2. The molecule has 14 heavy (non-hydrogen) atoms. The molecule has 5 nitrogen and oxygen atoms in total. The van der Waals surface area contributed by atoms with E-state index in [0.29, 0.717) is 0 Å². The van der Waals surface area contributed by atoms with E-state index in [1.165, 1.54) is 0 Å². The summed E-state index contributed by atoms with van der Waals surface area (Å²) in [6, 6.07) is 0. The van der Waals surface area contributed by atoms with Crippen LogP contribution in [-0.4, -0.2) is 30.1 Å². The molecule has 0 atom stereocenters. The second-order valence-corrected chi connectivity index (χ2v) is 2.62. The molecule has 0 aliphatic carbocycles. The standard InChI is InChI=1S/C5H8O3.C4H7NO/c1-3-8-5(7)4(2)6;6-4-2-1-3-5-4/h6H,2-3H2,1H3;1-3H2,(H,5,6). The Morgan fingerprint density at radius 3 is 2.50 bits per heavy atom. The van der Waals surface area contributed by atoms with Crippen LogP contribution in [0.25, 0.3) is 0 Å². The Labute approximate surface area is 82.7 Å². The molecular formula is C9H15NO4. The van der Waals surface area contributed by atoms with Crippen LogP contribution in [0.2, 0.25) is 0 Å². The Morgan fingerprint density at radius 2 is 2.36 bits per heavy atom. The second-order valence-electron chi connectivity index (χ2n) is 2.62. The number of hydrogen-bond acceptors (Lipinski definition) is 4. The summed E-state index contributed by atoms with van der Waals surface area (Å²) in [7, 11) is 0. The lowest BCUT2D eigenvalue weighted by Gasteiger charge is -1.95. The lowest BCUT2D eigenvalue weighted by Crippen LogP contribution is -2.12. The molecule has 2 N–H and O–H groups in total. The van der Waals surface area contributed by atoms with Crippen LogP contribution in [0.4, 0.5) is 0 Å². The van der Waals surface area contributed by atoms with Crippen LogP contribution in [0.5, 0.6) is 0 Å². The first kappa shape index (κ1) is 12.5. The van der Waals surface area contributed by atoms with Crippen molar-refractivity contribution in [2.45, 2.75) is 19.8 Å². The third-order valence-electron chi connectivity index (χ3n) is 1.41. The van der Waals surface area contributed by atoms with Gasteiger partial charge in [0.15, 0.2) is 5.76 Å². The molecule has 1 heterocycles. The Balaban J connectivity index is 0.000000249. The van der Waals surface area contributed by atoms with E-state index >= 15 is 0 Å². The molecule has 1 aliphatic rings. The van der Waals surface area contributed by atoms with E-state index in [2.05, 4.69) is 16.6 Å². The molecule has 1 amide bonds. The highest BCUT2D eigenvalue weighted by Crippen LogP contribution is 1.93. The van der Waals surface area contributed by atoms with Gasteiger partial charge in [0.25, 0.3) is 0 Å². The summed E-state index contributed by atoms with van der Waals surface area (Å²) in [6.07, 6.45) is 1.76. The van der Waals surface area contributed by atoms with Crippen molar-refractivity contribution in [3.8, 4) is 0 Å². The number of nitrogens with one attached hydrogen (secondary N) is 1. The summed E-state index contributed by atoms with van der Waals surface area (Å²) >= 11 is 0. The Bertz CT molecular complexity index is 217. The van der Waals surface area contributed by atoms with E-state index in [4.69, 9.17) is 5.11 Å². The zero-order chi connectivity index (χ0) is 11.0. The maximum Gasteiger partial charge on any atom is 0.372 e. The van der Waals surface area contributed by atoms with Gasteiger partial charge in [-0.3, -0.25) is 4.79 Å². The largest absolute Gasteiger partial charge is 0.502 e. The average molecular weight is 201 g/mol. The fourth-order valence-corrected chi connectivity index (χ4v) is 0.780. The molecule has 80 valence electrons. The molecule has 0 aromatic heterocycles.